The number of carbonyl (C=O) groups is 1. The van der Waals surface area contributed by atoms with Gasteiger partial charge in [-0.05, 0) is 32.9 Å². The van der Waals surface area contributed by atoms with Gasteiger partial charge in [-0.1, -0.05) is 0 Å². The molecule has 0 heterocycles. The van der Waals surface area contributed by atoms with E-state index in [2.05, 4.69) is 0 Å². The SMILES string of the molecule is CC(C)(C)C(=O)Oc1ccc(O)c(F)c1. The molecule has 0 aliphatic heterocycles. The average Bonchev–Trinajstić information content (AvgIpc) is 2.10. The Hall–Kier alpha value is -1.58. The average molecular weight is 212 g/mol. The van der Waals surface area contributed by atoms with Gasteiger partial charge in [0.25, 0.3) is 0 Å². The van der Waals surface area contributed by atoms with Crippen molar-refractivity contribution in [3.63, 3.8) is 0 Å². The zero-order valence-corrected chi connectivity index (χ0v) is 8.87. The van der Waals surface area contributed by atoms with E-state index in [1.165, 1.54) is 6.07 Å². The molecule has 0 aliphatic carbocycles. The topological polar surface area (TPSA) is 46.5 Å². The summed E-state index contributed by atoms with van der Waals surface area (Å²) >= 11 is 0. The second kappa shape index (κ2) is 3.88. The molecule has 0 atom stereocenters. The fraction of sp³-hybridized carbons (Fsp3) is 0.364. The first-order chi connectivity index (χ1) is 6.80. The van der Waals surface area contributed by atoms with E-state index >= 15 is 0 Å². The van der Waals surface area contributed by atoms with Crippen molar-refractivity contribution >= 4 is 5.97 Å². The molecule has 1 aromatic carbocycles. The molecule has 0 unspecified atom stereocenters. The van der Waals surface area contributed by atoms with E-state index in [1.807, 2.05) is 0 Å². The lowest BCUT2D eigenvalue weighted by Crippen LogP contribution is -2.25. The Morgan fingerprint density at radius 2 is 2.00 bits per heavy atom. The summed E-state index contributed by atoms with van der Waals surface area (Å²) in [4.78, 5) is 11.4. The first-order valence-electron chi connectivity index (χ1n) is 4.51. The van der Waals surface area contributed by atoms with Crippen LogP contribution in [0.3, 0.4) is 0 Å². The van der Waals surface area contributed by atoms with Crippen LogP contribution in [0.15, 0.2) is 18.2 Å². The van der Waals surface area contributed by atoms with Gasteiger partial charge in [0.15, 0.2) is 11.6 Å². The Labute approximate surface area is 87.5 Å². The number of phenols is 1. The van der Waals surface area contributed by atoms with E-state index in [9.17, 15) is 9.18 Å². The molecule has 0 radical (unpaired) electrons. The number of rotatable bonds is 1. The number of ether oxygens (including phenoxy) is 1. The standard InChI is InChI=1S/C11H13FO3/c1-11(2,3)10(14)15-7-4-5-9(13)8(12)6-7/h4-6,13H,1-3H3. The highest BCUT2D eigenvalue weighted by atomic mass is 19.1. The number of benzene rings is 1. The zero-order valence-electron chi connectivity index (χ0n) is 8.87. The summed E-state index contributed by atoms with van der Waals surface area (Å²) in [6.45, 7) is 5.10. The first-order valence-corrected chi connectivity index (χ1v) is 4.51. The molecule has 0 spiro atoms. The second-order valence-corrected chi connectivity index (χ2v) is 4.25. The molecule has 82 valence electrons. The third-order valence-electron chi connectivity index (χ3n) is 1.74. The summed E-state index contributed by atoms with van der Waals surface area (Å²) in [5, 5.41) is 8.92. The fourth-order valence-electron chi connectivity index (χ4n) is 0.811. The van der Waals surface area contributed by atoms with Gasteiger partial charge in [0.2, 0.25) is 0 Å². The predicted molar refractivity (Wildman–Crippen MR) is 53.2 cm³/mol. The number of aromatic hydroxyl groups is 1. The first kappa shape index (κ1) is 11.5. The van der Waals surface area contributed by atoms with Crippen molar-refractivity contribution in [1.29, 1.82) is 0 Å². The van der Waals surface area contributed by atoms with Gasteiger partial charge >= 0.3 is 5.97 Å². The molecule has 1 N–H and O–H groups in total. The van der Waals surface area contributed by atoms with Gasteiger partial charge in [-0.25, -0.2) is 4.39 Å². The van der Waals surface area contributed by atoms with Crippen LogP contribution in [-0.4, -0.2) is 11.1 Å². The van der Waals surface area contributed by atoms with E-state index in [4.69, 9.17) is 9.84 Å². The largest absolute Gasteiger partial charge is 0.505 e. The summed E-state index contributed by atoms with van der Waals surface area (Å²) in [6.07, 6.45) is 0. The summed E-state index contributed by atoms with van der Waals surface area (Å²) in [5.74, 6) is -1.64. The summed E-state index contributed by atoms with van der Waals surface area (Å²) in [7, 11) is 0. The maximum Gasteiger partial charge on any atom is 0.316 e. The number of esters is 1. The maximum atomic E-state index is 12.9. The van der Waals surface area contributed by atoms with Crippen LogP contribution in [0.4, 0.5) is 4.39 Å². The van der Waals surface area contributed by atoms with Gasteiger partial charge in [0.05, 0.1) is 5.41 Å². The van der Waals surface area contributed by atoms with Gasteiger partial charge in [0.1, 0.15) is 5.75 Å². The van der Waals surface area contributed by atoms with Crippen molar-refractivity contribution in [1.82, 2.24) is 0 Å². The summed E-state index contributed by atoms with van der Waals surface area (Å²) in [5.41, 5.74) is -0.644. The maximum absolute atomic E-state index is 12.9. The highest BCUT2D eigenvalue weighted by molar-refractivity contribution is 5.77. The molecule has 0 fully saturated rings. The number of hydrogen-bond acceptors (Lipinski definition) is 3. The molecule has 1 rings (SSSR count). The number of halogens is 1. The quantitative estimate of drug-likeness (QED) is 0.574. The zero-order chi connectivity index (χ0) is 11.6. The molecule has 3 nitrogen and oxygen atoms in total. The Balaban J connectivity index is 2.83. The third kappa shape index (κ3) is 2.94. The van der Waals surface area contributed by atoms with Gasteiger partial charge in [-0.3, -0.25) is 4.79 Å². The van der Waals surface area contributed by atoms with Crippen LogP contribution in [0.1, 0.15) is 20.8 Å². The fourth-order valence-corrected chi connectivity index (χ4v) is 0.811. The monoisotopic (exact) mass is 212 g/mol. The van der Waals surface area contributed by atoms with Crippen molar-refractivity contribution < 1.29 is 19.0 Å². The van der Waals surface area contributed by atoms with Crippen LogP contribution in [0.25, 0.3) is 0 Å². The lowest BCUT2D eigenvalue weighted by Gasteiger charge is -2.16. The summed E-state index contributed by atoms with van der Waals surface area (Å²) in [6, 6.07) is 3.45. The molecule has 15 heavy (non-hydrogen) atoms. The summed E-state index contributed by atoms with van der Waals surface area (Å²) < 4.78 is 17.8. The predicted octanol–water partition coefficient (Wildman–Crippen LogP) is 2.48. The van der Waals surface area contributed by atoms with Crippen LogP contribution in [0.5, 0.6) is 11.5 Å². The van der Waals surface area contributed by atoms with Crippen molar-refractivity contribution in [2.24, 2.45) is 5.41 Å². The van der Waals surface area contributed by atoms with Crippen molar-refractivity contribution in [2.75, 3.05) is 0 Å². The van der Waals surface area contributed by atoms with Crippen LogP contribution >= 0.6 is 0 Å². The normalized spacial score (nSPS) is 11.2. The Morgan fingerprint density at radius 3 is 2.47 bits per heavy atom. The molecule has 0 saturated carbocycles. The van der Waals surface area contributed by atoms with Crippen molar-refractivity contribution in [2.45, 2.75) is 20.8 Å². The van der Waals surface area contributed by atoms with Crippen molar-refractivity contribution in [3.05, 3.63) is 24.0 Å². The van der Waals surface area contributed by atoms with Gasteiger partial charge < -0.3 is 9.84 Å². The molecule has 0 bridgehead atoms. The number of hydrogen-bond donors (Lipinski definition) is 1. The van der Waals surface area contributed by atoms with Gasteiger partial charge in [0, 0.05) is 6.07 Å². The van der Waals surface area contributed by atoms with Crippen molar-refractivity contribution in [3.8, 4) is 11.5 Å². The second-order valence-electron chi connectivity index (χ2n) is 4.25. The van der Waals surface area contributed by atoms with Gasteiger partial charge in [-0.2, -0.15) is 0 Å². The Bertz CT molecular complexity index is 380. The molecule has 0 aliphatic rings. The van der Waals surface area contributed by atoms with E-state index < -0.39 is 23.0 Å². The lowest BCUT2D eigenvalue weighted by molar-refractivity contribution is -0.143. The molecular formula is C11H13FO3. The lowest BCUT2D eigenvalue weighted by atomic mass is 9.97. The minimum atomic E-state index is -0.811. The molecule has 0 saturated heterocycles. The van der Waals surface area contributed by atoms with E-state index in [-0.39, 0.29) is 5.75 Å². The molecule has 0 amide bonds. The molecule has 4 heteroatoms. The minimum absolute atomic E-state index is 0.0882. The van der Waals surface area contributed by atoms with Crippen LogP contribution < -0.4 is 4.74 Å². The number of carbonyl (C=O) groups excluding carboxylic acids is 1. The van der Waals surface area contributed by atoms with Gasteiger partial charge in [-0.15, -0.1) is 0 Å². The number of phenolic OH excluding ortho intramolecular Hbond substituents is 1. The van der Waals surface area contributed by atoms with Crippen LogP contribution in [0, 0.1) is 11.2 Å². The third-order valence-corrected chi connectivity index (χ3v) is 1.74. The Kier molecular flexibility index (Phi) is 2.98. The molecule has 0 aromatic heterocycles. The van der Waals surface area contributed by atoms with Crippen LogP contribution in [-0.2, 0) is 4.79 Å². The minimum Gasteiger partial charge on any atom is -0.505 e. The Morgan fingerprint density at radius 1 is 1.40 bits per heavy atom. The molecule has 1 aromatic rings. The van der Waals surface area contributed by atoms with E-state index in [0.717, 1.165) is 12.1 Å². The molecular weight excluding hydrogens is 199 g/mol. The smallest absolute Gasteiger partial charge is 0.316 e. The highest BCUT2D eigenvalue weighted by Crippen LogP contribution is 2.23. The van der Waals surface area contributed by atoms with E-state index in [1.54, 1.807) is 20.8 Å². The van der Waals surface area contributed by atoms with Crippen LogP contribution in [0.2, 0.25) is 0 Å². The van der Waals surface area contributed by atoms with E-state index in [0.29, 0.717) is 0 Å². The highest BCUT2D eigenvalue weighted by Gasteiger charge is 2.23.